The van der Waals surface area contributed by atoms with Gasteiger partial charge >= 0.3 is 5.97 Å². The van der Waals surface area contributed by atoms with Gasteiger partial charge in [0.2, 0.25) is 5.91 Å². The lowest BCUT2D eigenvalue weighted by molar-refractivity contribution is -0.149. The van der Waals surface area contributed by atoms with Crippen LogP contribution in [0.25, 0.3) is 0 Å². The Morgan fingerprint density at radius 3 is 2.73 bits per heavy atom. The molecule has 1 heterocycles. The zero-order chi connectivity index (χ0) is 11.6. The zero-order valence-electron chi connectivity index (χ0n) is 8.08. The Morgan fingerprint density at radius 1 is 1.67 bits per heavy atom. The minimum atomic E-state index is -1.36. The number of carbonyl (C=O) groups excluding carboxylic acids is 2. The Hall–Kier alpha value is -1.18. The molecule has 0 radical (unpaired) electrons. The highest BCUT2D eigenvalue weighted by atomic mass is 16.6. The van der Waals surface area contributed by atoms with Gasteiger partial charge in [0.05, 0.1) is 6.61 Å². The quantitative estimate of drug-likeness (QED) is 0.379. The van der Waals surface area contributed by atoms with Crippen LogP contribution in [0.4, 0.5) is 0 Å². The van der Waals surface area contributed by atoms with Crippen molar-refractivity contribution in [2.75, 3.05) is 6.61 Å². The lowest BCUT2D eigenvalue weighted by Crippen LogP contribution is -2.47. The van der Waals surface area contributed by atoms with Gasteiger partial charge in [-0.05, 0) is 0 Å². The van der Waals surface area contributed by atoms with Crippen LogP contribution < -0.4 is 5.32 Å². The SMILES string of the molecule is CC(=O)N[C@H]1C(=O)O[C@@H]([C@H](O)CO)[C@H]1O. The van der Waals surface area contributed by atoms with Crippen LogP contribution in [0.3, 0.4) is 0 Å². The zero-order valence-corrected chi connectivity index (χ0v) is 8.08. The van der Waals surface area contributed by atoms with Gasteiger partial charge in [0.25, 0.3) is 0 Å². The summed E-state index contributed by atoms with van der Waals surface area (Å²) in [5.74, 6) is -1.31. The molecule has 0 aromatic carbocycles. The van der Waals surface area contributed by atoms with Crippen molar-refractivity contribution in [1.29, 1.82) is 0 Å². The maximum atomic E-state index is 11.2. The summed E-state index contributed by atoms with van der Waals surface area (Å²) in [6.07, 6.45) is -3.93. The van der Waals surface area contributed by atoms with Gasteiger partial charge in [-0.3, -0.25) is 4.79 Å². The standard InChI is InChI=1S/C8H13NO6/c1-3(11)9-5-6(13)7(4(12)2-10)15-8(5)14/h4-7,10,12-13H,2H2,1H3,(H,9,11)/t4-,5-,6+,7+/m1/s1. The Morgan fingerprint density at radius 2 is 2.27 bits per heavy atom. The van der Waals surface area contributed by atoms with E-state index in [2.05, 4.69) is 10.1 Å². The average Bonchev–Trinajstić information content (AvgIpc) is 2.44. The molecule has 1 aliphatic rings. The van der Waals surface area contributed by atoms with Crippen LogP contribution in [-0.2, 0) is 14.3 Å². The molecule has 1 amide bonds. The average molecular weight is 219 g/mol. The van der Waals surface area contributed by atoms with Crippen molar-refractivity contribution in [3.8, 4) is 0 Å². The second kappa shape index (κ2) is 4.56. The summed E-state index contributed by atoms with van der Waals surface area (Å²) in [5, 5.41) is 29.6. The molecule has 86 valence electrons. The molecule has 0 bridgehead atoms. The van der Waals surface area contributed by atoms with E-state index in [4.69, 9.17) is 5.11 Å². The Balaban J connectivity index is 2.69. The Kier molecular flexibility index (Phi) is 3.61. The number of hydrogen-bond acceptors (Lipinski definition) is 6. The molecule has 0 aromatic heterocycles. The van der Waals surface area contributed by atoms with E-state index in [0.29, 0.717) is 0 Å². The number of esters is 1. The summed E-state index contributed by atoms with van der Waals surface area (Å²) in [4.78, 5) is 21.9. The van der Waals surface area contributed by atoms with E-state index in [1.165, 1.54) is 6.92 Å². The summed E-state index contributed by atoms with van der Waals surface area (Å²) >= 11 is 0. The normalized spacial score (nSPS) is 32.3. The van der Waals surface area contributed by atoms with Crippen molar-refractivity contribution in [3.05, 3.63) is 0 Å². The summed E-state index contributed by atoms with van der Waals surface area (Å²) in [5.41, 5.74) is 0. The maximum Gasteiger partial charge on any atom is 0.331 e. The van der Waals surface area contributed by atoms with Crippen LogP contribution in [0.2, 0.25) is 0 Å². The van der Waals surface area contributed by atoms with Gasteiger partial charge in [0.1, 0.15) is 12.2 Å². The molecule has 1 fully saturated rings. The van der Waals surface area contributed by atoms with Crippen molar-refractivity contribution in [2.45, 2.75) is 31.3 Å². The van der Waals surface area contributed by atoms with Crippen molar-refractivity contribution in [1.82, 2.24) is 5.32 Å². The molecule has 1 rings (SSSR count). The van der Waals surface area contributed by atoms with Crippen LogP contribution in [0.1, 0.15) is 6.92 Å². The highest BCUT2D eigenvalue weighted by Gasteiger charge is 2.47. The number of rotatable bonds is 3. The molecule has 0 spiro atoms. The van der Waals surface area contributed by atoms with Crippen molar-refractivity contribution in [2.24, 2.45) is 0 Å². The molecule has 4 atom stereocenters. The molecule has 0 aliphatic carbocycles. The first-order chi connectivity index (χ1) is 6.97. The lowest BCUT2D eigenvalue weighted by Gasteiger charge is -2.18. The summed E-state index contributed by atoms with van der Waals surface area (Å²) in [6.45, 7) is 0.553. The topological polar surface area (TPSA) is 116 Å². The molecular weight excluding hydrogens is 206 g/mol. The summed E-state index contributed by atoms with van der Waals surface area (Å²) in [6, 6.07) is -1.19. The number of aliphatic hydroxyl groups is 3. The molecule has 0 unspecified atom stereocenters. The monoisotopic (exact) mass is 219 g/mol. The number of aliphatic hydroxyl groups excluding tert-OH is 3. The minimum absolute atomic E-state index is 0.491. The molecule has 1 aliphatic heterocycles. The Labute approximate surface area is 85.7 Å². The number of carbonyl (C=O) groups is 2. The van der Waals surface area contributed by atoms with E-state index in [1.807, 2.05) is 0 Å². The first kappa shape index (κ1) is 11.9. The fraction of sp³-hybridized carbons (Fsp3) is 0.750. The summed E-state index contributed by atoms with van der Waals surface area (Å²) < 4.78 is 4.63. The first-order valence-electron chi connectivity index (χ1n) is 4.42. The Bertz CT molecular complexity index is 268. The predicted octanol–water partition coefficient (Wildman–Crippen LogP) is -2.87. The molecule has 7 heteroatoms. The largest absolute Gasteiger partial charge is 0.455 e. The van der Waals surface area contributed by atoms with Crippen LogP contribution in [-0.4, -0.2) is 58.2 Å². The lowest BCUT2D eigenvalue weighted by atomic mass is 10.0. The number of nitrogens with one attached hydrogen (secondary N) is 1. The predicted molar refractivity (Wildman–Crippen MR) is 46.6 cm³/mol. The van der Waals surface area contributed by atoms with Crippen LogP contribution in [0.15, 0.2) is 0 Å². The molecule has 7 nitrogen and oxygen atoms in total. The van der Waals surface area contributed by atoms with Gasteiger partial charge in [-0.25, -0.2) is 4.79 Å². The van der Waals surface area contributed by atoms with Gasteiger partial charge in [0.15, 0.2) is 12.1 Å². The van der Waals surface area contributed by atoms with Crippen LogP contribution >= 0.6 is 0 Å². The molecular formula is C8H13NO6. The van der Waals surface area contributed by atoms with Gasteiger partial charge in [-0.2, -0.15) is 0 Å². The number of cyclic esters (lactones) is 1. The third kappa shape index (κ3) is 2.44. The van der Waals surface area contributed by atoms with E-state index >= 15 is 0 Å². The fourth-order valence-electron chi connectivity index (χ4n) is 1.38. The number of amides is 1. The second-order valence-corrected chi connectivity index (χ2v) is 3.32. The van der Waals surface area contributed by atoms with Crippen molar-refractivity contribution in [3.63, 3.8) is 0 Å². The van der Waals surface area contributed by atoms with Gasteiger partial charge in [0, 0.05) is 6.92 Å². The van der Waals surface area contributed by atoms with E-state index in [9.17, 15) is 19.8 Å². The molecule has 1 saturated heterocycles. The van der Waals surface area contributed by atoms with E-state index in [0.717, 1.165) is 0 Å². The van der Waals surface area contributed by atoms with Gasteiger partial charge in [-0.1, -0.05) is 0 Å². The van der Waals surface area contributed by atoms with E-state index in [1.54, 1.807) is 0 Å². The maximum absolute atomic E-state index is 11.2. The van der Waals surface area contributed by atoms with Gasteiger partial charge < -0.3 is 25.4 Å². The third-order valence-electron chi connectivity index (χ3n) is 2.11. The fourth-order valence-corrected chi connectivity index (χ4v) is 1.38. The number of hydrogen-bond donors (Lipinski definition) is 4. The molecule has 15 heavy (non-hydrogen) atoms. The third-order valence-corrected chi connectivity index (χ3v) is 2.11. The van der Waals surface area contributed by atoms with Gasteiger partial charge in [-0.15, -0.1) is 0 Å². The molecule has 0 saturated carbocycles. The van der Waals surface area contributed by atoms with E-state index in [-0.39, 0.29) is 0 Å². The van der Waals surface area contributed by atoms with E-state index < -0.39 is 42.8 Å². The molecule has 0 aromatic rings. The minimum Gasteiger partial charge on any atom is -0.455 e. The first-order valence-corrected chi connectivity index (χ1v) is 4.42. The molecule has 4 N–H and O–H groups in total. The highest BCUT2D eigenvalue weighted by molar-refractivity contribution is 5.85. The van der Waals surface area contributed by atoms with Crippen LogP contribution in [0.5, 0.6) is 0 Å². The smallest absolute Gasteiger partial charge is 0.331 e. The number of ether oxygens (including phenoxy) is 1. The van der Waals surface area contributed by atoms with Crippen LogP contribution in [0, 0.1) is 0 Å². The summed E-state index contributed by atoms with van der Waals surface area (Å²) in [7, 11) is 0. The van der Waals surface area contributed by atoms with Crippen molar-refractivity contribution < 1.29 is 29.6 Å². The second-order valence-electron chi connectivity index (χ2n) is 3.32. The van der Waals surface area contributed by atoms with Crippen molar-refractivity contribution >= 4 is 11.9 Å². The highest BCUT2D eigenvalue weighted by Crippen LogP contribution is 2.18.